The highest BCUT2D eigenvalue weighted by Gasteiger charge is 2.18. The van der Waals surface area contributed by atoms with Gasteiger partial charge < -0.3 is 8.98 Å². The van der Waals surface area contributed by atoms with Crippen molar-refractivity contribution < 1.29 is 14.0 Å². The van der Waals surface area contributed by atoms with E-state index in [-0.39, 0.29) is 63.4 Å². The van der Waals surface area contributed by atoms with Crippen LogP contribution in [0.5, 0.6) is 0 Å². The number of rotatable bonds is 5. The van der Waals surface area contributed by atoms with Gasteiger partial charge in [-0.25, -0.2) is 15.0 Å². The van der Waals surface area contributed by atoms with Gasteiger partial charge in [0.15, 0.2) is 17.5 Å². The molecule has 3 aromatic heterocycles. The minimum atomic E-state index is -0.479. The lowest BCUT2D eigenvalue weighted by atomic mass is 10.0. The average Bonchev–Trinajstić information content (AvgIpc) is 3.81. The highest BCUT2D eigenvalue weighted by Crippen LogP contribution is 2.38. The number of furan rings is 1. The molecule has 0 radical (unpaired) electrons. The van der Waals surface area contributed by atoms with Crippen molar-refractivity contribution in [2.75, 3.05) is 0 Å². The largest absolute Gasteiger partial charge is 0.456 e. The second-order valence-electron chi connectivity index (χ2n) is 11.9. The molecule has 0 saturated heterocycles. The molecule has 0 bridgehead atoms. The van der Waals surface area contributed by atoms with Crippen molar-refractivity contribution in [3.63, 3.8) is 0 Å². The van der Waals surface area contributed by atoms with E-state index in [0.29, 0.717) is 39.6 Å². The molecule has 5 nitrogen and oxygen atoms in total. The molecule has 0 aliphatic rings. The van der Waals surface area contributed by atoms with E-state index in [9.17, 15) is 4.11 Å². The van der Waals surface area contributed by atoms with Crippen LogP contribution in [-0.4, -0.2) is 19.5 Å². The Kier molecular flexibility index (Phi) is 4.99. The maximum absolute atomic E-state index is 9.83. The van der Waals surface area contributed by atoms with E-state index >= 15 is 0 Å². The minimum absolute atomic E-state index is 0.00595. The van der Waals surface area contributed by atoms with Crippen LogP contribution in [0.1, 0.15) is 9.60 Å². The Morgan fingerprint density at radius 1 is 0.440 bits per heavy atom. The number of aromatic nitrogens is 4. The summed E-state index contributed by atoms with van der Waals surface area (Å²) in [5.74, 6) is 0.637. The number of benzene rings is 7. The van der Waals surface area contributed by atoms with Gasteiger partial charge in [-0.1, -0.05) is 127 Å². The van der Waals surface area contributed by atoms with E-state index in [2.05, 4.69) is 0 Å². The van der Waals surface area contributed by atoms with Gasteiger partial charge in [0.25, 0.3) is 0 Å². The van der Waals surface area contributed by atoms with Crippen molar-refractivity contribution >= 4 is 43.7 Å². The molecule has 0 atom stereocenters. The third-order valence-corrected chi connectivity index (χ3v) is 8.90. The van der Waals surface area contributed by atoms with Gasteiger partial charge in [0, 0.05) is 50.0 Å². The first-order valence-electron chi connectivity index (χ1n) is 19.6. The molecule has 0 fully saturated rings. The van der Waals surface area contributed by atoms with Gasteiger partial charge in [-0.15, -0.1) is 0 Å². The quantitative estimate of drug-likeness (QED) is 0.186. The van der Waals surface area contributed by atoms with Crippen LogP contribution >= 0.6 is 0 Å². The monoisotopic (exact) mass is 647 g/mol. The summed E-state index contributed by atoms with van der Waals surface area (Å²) >= 11 is 0. The van der Waals surface area contributed by atoms with Crippen LogP contribution in [0.3, 0.4) is 0 Å². The summed E-state index contributed by atoms with van der Waals surface area (Å²) in [4.78, 5) is 14.3. The van der Waals surface area contributed by atoms with E-state index < -0.39 is 12.1 Å². The molecule has 50 heavy (non-hydrogen) atoms. The third kappa shape index (κ3) is 4.67. The van der Waals surface area contributed by atoms with E-state index in [1.807, 2.05) is 121 Å². The molecule has 0 N–H and O–H groups in total. The summed E-state index contributed by atoms with van der Waals surface area (Å²) in [5.41, 5.74) is 5.19. The van der Waals surface area contributed by atoms with Crippen LogP contribution in [-0.2, 0) is 0 Å². The molecule has 3 heterocycles. The van der Waals surface area contributed by atoms with Crippen LogP contribution in [0.2, 0.25) is 0 Å². The van der Waals surface area contributed by atoms with Crippen LogP contribution in [0.15, 0.2) is 174 Å². The highest BCUT2D eigenvalue weighted by molar-refractivity contribution is 6.11. The zero-order valence-electron chi connectivity index (χ0n) is 33.3. The standard InChI is InChI=1S/C45H28N4O/c1-4-12-29(13-5-1)32-20-24-37-38-25-22-34(28-42(38)50-41(37)27-32)49-39-19-11-10-18-35(39)36-23-21-33(26-40(36)49)45-47-43(30-14-6-2-7-15-30)46-44(48-45)31-16-8-3-9-17-31/h1-28H/i10D,11D,18D,19D,21D,23D,26D. The van der Waals surface area contributed by atoms with Gasteiger partial charge in [0.05, 0.1) is 20.6 Å². The second kappa shape index (κ2) is 11.4. The molecular weight excluding hydrogens is 613 g/mol. The highest BCUT2D eigenvalue weighted by atomic mass is 16.3. The topological polar surface area (TPSA) is 56.7 Å². The van der Waals surface area contributed by atoms with E-state index in [1.165, 1.54) is 0 Å². The predicted octanol–water partition coefficient (Wildman–Crippen LogP) is 11.5. The zero-order valence-corrected chi connectivity index (χ0v) is 26.3. The molecule has 234 valence electrons. The Morgan fingerprint density at radius 3 is 1.68 bits per heavy atom. The third-order valence-electron chi connectivity index (χ3n) is 8.90. The van der Waals surface area contributed by atoms with Crippen molar-refractivity contribution in [2.24, 2.45) is 0 Å². The van der Waals surface area contributed by atoms with Crippen molar-refractivity contribution in [3.05, 3.63) is 170 Å². The molecule has 0 aliphatic carbocycles. The van der Waals surface area contributed by atoms with Crippen molar-refractivity contribution in [2.45, 2.75) is 0 Å². The lowest BCUT2D eigenvalue weighted by Crippen LogP contribution is -2.00. The summed E-state index contributed by atoms with van der Waals surface area (Å²) in [6, 6.07) is 37.6. The van der Waals surface area contributed by atoms with Gasteiger partial charge in [0.1, 0.15) is 11.2 Å². The zero-order chi connectivity index (χ0) is 39.1. The van der Waals surface area contributed by atoms with Gasteiger partial charge >= 0.3 is 0 Å². The maximum atomic E-state index is 9.83. The molecule has 7 aromatic carbocycles. The molecule has 0 saturated carbocycles. The first-order chi connectivity index (χ1) is 27.7. The van der Waals surface area contributed by atoms with E-state index in [4.69, 9.17) is 24.9 Å². The molecule has 10 rings (SSSR count). The predicted molar refractivity (Wildman–Crippen MR) is 203 cm³/mol. The van der Waals surface area contributed by atoms with Crippen LogP contribution in [0.25, 0.3) is 94.7 Å². The van der Waals surface area contributed by atoms with Gasteiger partial charge in [-0.2, -0.15) is 0 Å². The summed E-state index contributed by atoms with van der Waals surface area (Å²) in [6.07, 6.45) is 0. The number of hydrogen-bond donors (Lipinski definition) is 0. The summed E-state index contributed by atoms with van der Waals surface area (Å²) in [6.45, 7) is 0. The second-order valence-corrected chi connectivity index (χ2v) is 11.9. The molecular formula is C45H28N4O. The first-order valence-corrected chi connectivity index (χ1v) is 16.1. The average molecular weight is 648 g/mol. The van der Waals surface area contributed by atoms with Gasteiger partial charge in [0.2, 0.25) is 0 Å². The molecule has 0 amide bonds. The first kappa shape index (κ1) is 21.9. The van der Waals surface area contributed by atoms with Crippen LogP contribution in [0.4, 0.5) is 0 Å². The lowest BCUT2D eigenvalue weighted by molar-refractivity contribution is 0.669. The van der Waals surface area contributed by atoms with Crippen LogP contribution < -0.4 is 0 Å². The Balaban J connectivity index is 1.28. The molecule has 10 aromatic rings. The Hall–Kier alpha value is -6.85. The number of hydrogen-bond acceptors (Lipinski definition) is 4. The fourth-order valence-corrected chi connectivity index (χ4v) is 6.52. The lowest BCUT2D eigenvalue weighted by Gasteiger charge is -2.10. The van der Waals surface area contributed by atoms with Gasteiger partial charge in [-0.05, 0) is 47.5 Å². The molecule has 0 aliphatic heterocycles. The fraction of sp³-hybridized carbons (Fsp3) is 0. The smallest absolute Gasteiger partial charge is 0.164 e. The SMILES string of the molecule is [2H]c1c([2H])c([2H])c2c(c1[2H])c1c([2H])c([2H])c(-c3nc(-c4ccccc4)nc(-c4ccccc4)n3)c([2H])c1n2-c1ccc2c(c1)oc1cc(-c3ccccc3)ccc12. The minimum Gasteiger partial charge on any atom is -0.456 e. The number of para-hydroxylation sites is 1. The molecule has 0 unspecified atom stereocenters. The summed E-state index contributed by atoms with van der Waals surface area (Å²) < 4.78 is 72.0. The fourth-order valence-electron chi connectivity index (χ4n) is 6.52. The Labute approximate surface area is 297 Å². The summed E-state index contributed by atoms with van der Waals surface area (Å²) in [7, 11) is 0. The molecule has 0 spiro atoms. The van der Waals surface area contributed by atoms with Crippen LogP contribution in [0, 0.1) is 0 Å². The normalized spacial score (nSPS) is 13.6. The van der Waals surface area contributed by atoms with Crippen molar-refractivity contribution in [1.82, 2.24) is 19.5 Å². The Morgan fingerprint density at radius 2 is 1.00 bits per heavy atom. The van der Waals surface area contributed by atoms with Crippen molar-refractivity contribution in [1.29, 1.82) is 0 Å². The number of fused-ring (bicyclic) bond motifs is 6. The maximum Gasteiger partial charge on any atom is 0.164 e. The summed E-state index contributed by atoms with van der Waals surface area (Å²) in [5, 5.41) is 1.82. The Bertz CT molecular complexity index is 3200. The van der Waals surface area contributed by atoms with E-state index in [1.54, 1.807) is 10.6 Å². The molecule has 5 heteroatoms. The van der Waals surface area contributed by atoms with E-state index in [0.717, 1.165) is 21.9 Å². The van der Waals surface area contributed by atoms with Crippen molar-refractivity contribution in [3.8, 4) is 51.0 Å². The number of nitrogens with zero attached hydrogens (tertiary/aromatic N) is 4. The van der Waals surface area contributed by atoms with Gasteiger partial charge in [-0.3, -0.25) is 0 Å².